The molecular weight excluding hydrogens is 326 g/mol. The topological polar surface area (TPSA) is 29.1 Å². The van der Waals surface area contributed by atoms with Crippen LogP contribution >= 0.6 is 15.9 Å². The van der Waals surface area contributed by atoms with Crippen LogP contribution in [0.5, 0.6) is 0 Å². The van der Waals surface area contributed by atoms with E-state index in [1.54, 1.807) is 0 Å². The summed E-state index contributed by atoms with van der Waals surface area (Å²) in [6.45, 7) is 8.60. The van der Waals surface area contributed by atoms with E-state index in [4.69, 9.17) is 0 Å². The molecule has 0 saturated carbocycles. The number of carbonyl (C=O) groups excluding carboxylic acids is 1. The van der Waals surface area contributed by atoms with Crippen LogP contribution in [0.1, 0.15) is 52.5 Å². The summed E-state index contributed by atoms with van der Waals surface area (Å²) >= 11 is 3.74. The second kappa shape index (κ2) is 9.24. The highest BCUT2D eigenvalue weighted by molar-refractivity contribution is 9.09. The van der Waals surface area contributed by atoms with Gasteiger partial charge in [-0.05, 0) is 49.3 Å². The lowest BCUT2D eigenvalue weighted by atomic mass is 10.0. The van der Waals surface area contributed by atoms with Gasteiger partial charge in [0.1, 0.15) is 0 Å². The van der Waals surface area contributed by atoms with Gasteiger partial charge in [0.15, 0.2) is 0 Å². The Morgan fingerprint density at radius 1 is 1.14 bits per heavy atom. The molecule has 1 aromatic rings. The maximum absolute atomic E-state index is 12.0. The van der Waals surface area contributed by atoms with Crippen LogP contribution in [0, 0.1) is 11.8 Å². The molecule has 0 spiro atoms. The fourth-order valence-electron chi connectivity index (χ4n) is 2.48. The van der Waals surface area contributed by atoms with E-state index in [0.29, 0.717) is 10.7 Å². The summed E-state index contributed by atoms with van der Waals surface area (Å²) in [6, 6.07) is 8.23. The van der Waals surface area contributed by atoms with Crippen LogP contribution in [-0.4, -0.2) is 10.7 Å². The van der Waals surface area contributed by atoms with Crippen molar-refractivity contribution < 1.29 is 4.79 Å². The van der Waals surface area contributed by atoms with E-state index in [1.165, 1.54) is 12.0 Å². The first-order chi connectivity index (χ1) is 9.96. The molecule has 21 heavy (non-hydrogen) atoms. The Morgan fingerprint density at radius 2 is 1.71 bits per heavy atom. The van der Waals surface area contributed by atoms with Crippen LogP contribution in [0.25, 0.3) is 0 Å². The number of nitrogens with one attached hydrogen (secondary N) is 1. The third-order valence-electron chi connectivity index (χ3n) is 3.76. The Hall–Kier alpha value is -0.830. The molecule has 3 heteroatoms. The summed E-state index contributed by atoms with van der Waals surface area (Å²) in [5, 5.41) is 3.01. The number of alkyl halides is 1. The van der Waals surface area contributed by atoms with Crippen LogP contribution in [-0.2, 0) is 11.2 Å². The van der Waals surface area contributed by atoms with E-state index in [9.17, 15) is 4.79 Å². The van der Waals surface area contributed by atoms with Crippen molar-refractivity contribution in [2.75, 3.05) is 5.32 Å². The van der Waals surface area contributed by atoms with Crippen molar-refractivity contribution in [3.8, 4) is 0 Å². The zero-order valence-electron chi connectivity index (χ0n) is 13.7. The molecule has 118 valence electrons. The first-order valence-corrected chi connectivity index (χ1v) is 8.91. The fraction of sp³-hybridized carbons (Fsp3) is 0.611. The normalized spacial score (nSPS) is 12.7. The van der Waals surface area contributed by atoms with Gasteiger partial charge >= 0.3 is 0 Å². The van der Waals surface area contributed by atoms with Gasteiger partial charge in [-0.25, -0.2) is 0 Å². The zero-order valence-corrected chi connectivity index (χ0v) is 15.2. The maximum Gasteiger partial charge on any atom is 0.227 e. The monoisotopic (exact) mass is 353 g/mol. The molecule has 0 saturated heterocycles. The number of hydrogen-bond acceptors (Lipinski definition) is 1. The number of rotatable bonds is 8. The summed E-state index contributed by atoms with van der Waals surface area (Å²) < 4.78 is 0. The number of amides is 1. The molecule has 0 aliphatic carbocycles. The summed E-state index contributed by atoms with van der Waals surface area (Å²) in [6.07, 6.45) is 3.98. The minimum absolute atomic E-state index is 0.114. The Bertz CT molecular complexity index is 423. The van der Waals surface area contributed by atoms with Crippen molar-refractivity contribution >= 4 is 27.5 Å². The number of hydrogen-bond donors (Lipinski definition) is 1. The number of carbonyl (C=O) groups is 1. The lowest BCUT2D eigenvalue weighted by Gasteiger charge is -2.14. The van der Waals surface area contributed by atoms with Crippen LogP contribution < -0.4 is 5.32 Å². The van der Waals surface area contributed by atoms with E-state index in [-0.39, 0.29) is 11.8 Å². The van der Waals surface area contributed by atoms with Crippen LogP contribution in [0.15, 0.2) is 24.3 Å². The Morgan fingerprint density at radius 3 is 2.19 bits per heavy atom. The highest BCUT2D eigenvalue weighted by Crippen LogP contribution is 2.20. The van der Waals surface area contributed by atoms with Crippen LogP contribution in [0.3, 0.4) is 0 Å². The van der Waals surface area contributed by atoms with E-state index in [1.807, 2.05) is 12.1 Å². The SMILES string of the molecule is CCC(CC)C(=O)Nc1ccc(CC(Br)CC(C)C)cc1. The van der Waals surface area contributed by atoms with E-state index in [0.717, 1.165) is 24.9 Å². The zero-order chi connectivity index (χ0) is 15.8. The van der Waals surface area contributed by atoms with Crippen molar-refractivity contribution in [3.63, 3.8) is 0 Å². The molecule has 0 aliphatic rings. The number of anilines is 1. The standard InChI is InChI=1S/C18H28BrNO/c1-5-15(6-2)18(21)20-17-9-7-14(8-10-17)12-16(19)11-13(3)4/h7-10,13,15-16H,5-6,11-12H2,1-4H3,(H,20,21). The lowest BCUT2D eigenvalue weighted by Crippen LogP contribution is -2.21. The molecule has 0 bridgehead atoms. The van der Waals surface area contributed by atoms with Crippen molar-refractivity contribution in [3.05, 3.63) is 29.8 Å². The quantitative estimate of drug-likeness (QED) is 0.621. The van der Waals surface area contributed by atoms with E-state index in [2.05, 4.69) is 61.1 Å². The van der Waals surface area contributed by atoms with Crippen molar-refractivity contribution in [1.29, 1.82) is 0 Å². The van der Waals surface area contributed by atoms with Crippen molar-refractivity contribution in [1.82, 2.24) is 0 Å². The van der Waals surface area contributed by atoms with Gasteiger partial charge < -0.3 is 5.32 Å². The number of benzene rings is 1. The second-order valence-corrected chi connectivity index (χ2v) is 7.43. The van der Waals surface area contributed by atoms with Gasteiger partial charge in [0.2, 0.25) is 5.91 Å². The Labute approximate surface area is 137 Å². The van der Waals surface area contributed by atoms with Gasteiger partial charge in [0.05, 0.1) is 0 Å². The molecule has 0 radical (unpaired) electrons. The average Bonchev–Trinajstić information content (AvgIpc) is 2.41. The molecule has 0 heterocycles. The maximum atomic E-state index is 12.0. The number of halogens is 1. The van der Waals surface area contributed by atoms with E-state index >= 15 is 0 Å². The average molecular weight is 354 g/mol. The molecule has 1 amide bonds. The molecule has 0 aliphatic heterocycles. The summed E-state index contributed by atoms with van der Waals surface area (Å²) in [7, 11) is 0. The van der Waals surface area contributed by atoms with Gasteiger partial charge in [-0.3, -0.25) is 4.79 Å². The molecule has 1 aromatic carbocycles. The molecule has 0 aromatic heterocycles. The molecule has 1 rings (SSSR count). The molecular formula is C18H28BrNO. The van der Waals surface area contributed by atoms with E-state index < -0.39 is 0 Å². The molecule has 2 nitrogen and oxygen atoms in total. The van der Waals surface area contributed by atoms with Gasteiger partial charge in [-0.2, -0.15) is 0 Å². The molecule has 1 unspecified atom stereocenters. The highest BCUT2D eigenvalue weighted by Gasteiger charge is 2.14. The largest absolute Gasteiger partial charge is 0.326 e. The highest BCUT2D eigenvalue weighted by atomic mass is 79.9. The van der Waals surface area contributed by atoms with Gasteiger partial charge in [0, 0.05) is 16.4 Å². The van der Waals surface area contributed by atoms with Gasteiger partial charge in [0.25, 0.3) is 0 Å². The predicted octanol–water partition coefficient (Wildman–Crippen LogP) is 5.41. The molecule has 0 fully saturated rings. The van der Waals surface area contributed by atoms with Gasteiger partial charge in [-0.1, -0.05) is 55.8 Å². The van der Waals surface area contributed by atoms with Crippen LogP contribution in [0.4, 0.5) is 5.69 Å². The summed E-state index contributed by atoms with van der Waals surface area (Å²) in [5.74, 6) is 0.946. The van der Waals surface area contributed by atoms with Gasteiger partial charge in [-0.15, -0.1) is 0 Å². The Kier molecular flexibility index (Phi) is 8.02. The third-order valence-corrected chi connectivity index (χ3v) is 4.46. The Balaban J connectivity index is 2.56. The van der Waals surface area contributed by atoms with Crippen molar-refractivity contribution in [2.45, 2.75) is 58.2 Å². The fourth-order valence-corrected chi connectivity index (χ4v) is 3.60. The van der Waals surface area contributed by atoms with Crippen LogP contribution in [0.2, 0.25) is 0 Å². The minimum Gasteiger partial charge on any atom is -0.326 e. The smallest absolute Gasteiger partial charge is 0.227 e. The summed E-state index contributed by atoms with van der Waals surface area (Å²) in [4.78, 5) is 12.6. The first-order valence-electron chi connectivity index (χ1n) is 8.00. The first kappa shape index (κ1) is 18.2. The third kappa shape index (κ3) is 6.64. The lowest BCUT2D eigenvalue weighted by molar-refractivity contribution is -0.120. The molecule has 1 atom stereocenters. The summed E-state index contributed by atoms with van der Waals surface area (Å²) in [5.41, 5.74) is 2.20. The predicted molar refractivity (Wildman–Crippen MR) is 95.0 cm³/mol. The second-order valence-electron chi connectivity index (χ2n) is 6.13. The minimum atomic E-state index is 0.114. The van der Waals surface area contributed by atoms with Crippen molar-refractivity contribution in [2.24, 2.45) is 11.8 Å². The molecule has 1 N–H and O–H groups in total.